The molecule has 0 unspecified atom stereocenters. The number of carbonyl (C=O) groups is 2. The Labute approximate surface area is 153 Å². The lowest BCUT2D eigenvalue weighted by Crippen LogP contribution is -2.32. The average Bonchev–Trinajstić information content (AvgIpc) is 3.10. The minimum absolute atomic E-state index is 0.0384. The number of nitrogens with one attached hydrogen (secondary N) is 2. The van der Waals surface area contributed by atoms with E-state index in [1.807, 2.05) is 27.7 Å². The fraction of sp³-hybridized carbons (Fsp3) is 0.421. The molecule has 1 atom stereocenters. The van der Waals surface area contributed by atoms with E-state index in [4.69, 9.17) is 9.26 Å². The minimum Gasteiger partial charge on any atom is -0.486 e. The van der Waals surface area contributed by atoms with E-state index in [9.17, 15) is 9.59 Å². The van der Waals surface area contributed by atoms with E-state index in [-0.39, 0.29) is 36.1 Å². The van der Waals surface area contributed by atoms with Crippen LogP contribution in [0.25, 0.3) is 0 Å². The number of amides is 2. The first-order valence-electron chi connectivity index (χ1n) is 8.69. The van der Waals surface area contributed by atoms with Crippen LogP contribution in [-0.4, -0.2) is 23.0 Å². The lowest BCUT2D eigenvalue weighted by Gasteiger charge is -2.09. The van der Waals surface area contributed by atoms with Gasteiger partial charge < -0.3 is 19.9 Å². The summed E-state index contributed by atoms with van der Waals surface area (Å²) in [5, 5.41) is 9.40. The average molecular weight is 359 g/mol. The Hall–Kier alpha value is -2.83. The Morgan fingerprint density at radius 3 is 2.50 bits per heavy atom. The fourth-order valence-corrected chi connectivity index (χ4v) is 1.96. The van der Waals surface area contributed by atoms with E-state index in [1.54, 1.807) is 30.3 Å². The number of aromatic nitrogens is 1. The van der Waals surface area contributed by atoms with Crippen molar-refractivity contribution in [3.63, 3.8) is 0 Å². The van der Waals surface area contributed by atoms with Crippen molar-refractivity contribution in [3.05, 3.63) is 41.8 Å². The highest BCUT2D eigenvalue weighted by atomic mass is 16.5. The number of carbonyl (C=O) groups excluding carboxylic acids is 2. The lowest BCUT2D eigenvalue weighted by atomic mass is 10.2. The fourth-order valence-electron chi connectivity index (χ4n) is 1.96. The van der Waals surface area contributed by atoms with E-state index in [2.05, 4.69) is 15.8 Å². The summed E-state index contributed by atoms with van der Waals surface area (Å²) in [7, 11) is 0. The normalized spacial score (nSPS) is 11.9. The molecule has 2 amide bonds. The maximum atomic E-state index is 12.0. The molecule has 0 saturated carbocycles. The van der Waals surface area contributed by atoms with Crippen LogP contribution in [0, 0.1) is 5.92 Å². The molecule has 1 heterocycles. The van der Waals surface area contributed by atoms with Gasteiger partial charge in [0.1, 0.15) is 12.4 Å². The van der Waals surface area contributed by atoms with Crippen LogP contribution in [0.5, 0.6) is 5.75 Å². The zero-order valence-corrected chi connectivity index (χ0v) is 15.5. The van der Waals surface area contributed by atoms with Crippen molar-refractivity contribution in [1.82, 2.24) is 10.5 Å². The van der Waals surface area contributed by atoms with Gasteiger partial charge >= 0.3 is 0 Å². The Balaban J connectivity index is 1.87. The highest BCUT2D eigenvalue weighted by Crippen LogP contribution is 2.18. The molecule has 0 aliphatic rings. The van der Waals surface area contributed by atoms with Gasteiger partial charge in [0.2, 0.25) is 5.91 Å². The van der Waals surface area contributed by atoms with Gasteiger partial charge in [-0.15, -0.1) is 0 Å². The van der Waals surface area contributed by atoms with E-state index in [0.29, 0.717) is 17.2 Å². The van der Waals surface area contributed by atoms with Crippen molar-refractivity contribution in [3.8, 4) is 5.75 Å². The number of benzene rings is 1. The molecule has 0 radical (unpaired) electrons. The molecule has 1 aromatic heterocycles. The Bertz CT molecular complexity index is 737. The molecule has 140 valence electrons. The molecule has 0 fully saturated rings. The van der Waals surface area contributed by atoms with Crippen LogP contribution < -0.4 is 15.4 Å². The van der Waals surface area contributed by atoms with Gasteiger partial charge in [-0.2, -0.15) is 0 Å². The predicted octanol–water partition coefficient (Wildman–Crippen LogP) is 3.38. The molecule has 0 saturated heterocycles. The summed E-state index contributed by atoms with van der Waals surface area (Å²) in [5.41, 5.74) is 0.940. The number of nitrogens with zero attached hydrogens (tertiary/aromatic N) is 1. The highest BCUT2D eigenvalue weighted by Gasteiger charge is 2.14. The third-order valence-electron chi connectivity index (χ3n) is 3.81. The van der Waals surface area contributed by atoms with Gasteiger partial charge in [0.25, 0.3) is 5.91 Å². The second-order valence-electron chi connectivity index (χ2n) is 6.42. The first-order chi connectivity index (χ1) is 12.4. The second kappa shape index (κ2) is 9.03. The molecule has 7 nitrogen and oxygen atoms in total. The SMILES string of the molecule is CC[C@H](C)NC(=O)c1cc(COc2ccc(NC(=O)C(C)C)cc2)on1. The van der Waals surface area contributed by atoms with Crippen LogP contribution in [-0.2, 0) is 11.4 Å². The van der Waals surface area contributed by atoms with Crippen LogP contribution in [0.2, 0.25) is 0 Å². The zero-order valence-electron chi connectivity index (χ0n) is 15.5. The molecular formula is C19H25N3O4. The Kier molecular flexibility index (Phi) is 6.77. The molecular weight excluding hydrogens is 334 g/mol. The molecule has 0 spiro atoms. The van der Waals surface area contributed by atoms with Crippen molar-refractivity contribution in [1.29, 1.82) is 0 Å². The number of hydrogen-bond donors (Lipinski definition) is 2. The largest absolute Gasteiger partial charge is 0.486 e. The number of hydrogen-bond acceptors (Lipinski definition) is 5. The summed E-state index contributed by atoms with van der Waals surface area (Å²) in [5.74, 6) is 0.693. The van der Waals surface area contributed by atoms with E-state index in [1.165, 1.54) is 0 Å². The van der Waals surface area contributed by atoms with Gasteiger partial charge in [0.15, 0.2) is 11.5 Å². The van der Waals surface area contributed by atoms with Crippen LogP contribution in [0.4, 0.5) is 5.69 Å². The van der Waals surface area contributed by atoms with E-state index in [0.717, 1.165) is 6.42 Å². The quantitative estimate of drug-likeness (QED) is 0.754. The summed E-state index contributed by atoms with van der Waals surface area (Å²) in [6, 6.07) is 8.68. The first-order valence-corrected chi connectivity index (χ1v) is 8.69. The molecule has 2 N–H and O–H groups in total. The molecule has 7 heteroatoms. The standard InChI is InChI=1S/C19H25N3O4/c1-5-13(4)20-19(24)17-10-16(26-22-17)11-25-15-8-6-14(7-9-15)21-18(23)12(2)3/h6-10,12-13H,5,11H2,1-4H3,(H,20,24)(H,21,23)/t13-/m0/s1. The topological polar surface area (TPSA) is 93.5 Å². The van der Waals surface area contributed by atoms with Crippen LogP contribution >= 0.6 is 0 Å². The third-order valence-corrected chi connectivity index (χ3v) is 3.81. The predicted molar refractivity (Wildman–Crippen MR) is 98.0 cm³/mol. The van der Waals surface area contributed by atoms with Crippen molar-refractivity contribution >= 4 is 17.5 Å². The van der Waals surface area contributed by atoms with E-state index >= 15 is 0 Å². The van der Waals surface area contributed by atoms with Crippen LogP contribution in [0.3, 0.4) is 0 Å². The number of ether oxygens (including phenoxy) is 1. The minimum atomic E-state index is -0.264. The second-order valence-corrected chi connectivity index (χ2v) is 6.42. The van der Waals surface area contributed by atoms with Gasteiger partial charge in [0, 0.05) is 23.7 Å². The summed E-state index contributed by atoms with van der Waals surface area (Å²) in [6.07, 6.45) is 0.840. The van der Waals surface area contributed by atoms with Crippen molar-refractivity contribution in [2.45, 2.75) is 46.8 Å². The molecule has 26 heavy (non-hydrogen) atoms. The first kappa shape index (κ1) is 19.5. The van der Waals surface area contributed by atoms with Gasteiger partial charge in [-0.25, -0.2) is 0 Å². The molecule has 0 aliphatic heterocycles. The number of rotatable bonds is 8. The molecule has 0 bridgehead atoms. The van der Waals surface area contributed by atoms with Crippen LogP contribution in [0.1, 0.15) is 50.4 Å². The highest BCUT2D eigenvalue weighted by molar-refractivity contribution is 5.92. The molecule has 2 aromatic rings. The van der Waals surface area contributed by atoms with Crippen molar-refractivity contribution in [2.75, 3.05) is 5.32 Å². The smallest absolute Gasteiger partial charge is 0.273 e. The molecule has 1 aromatic carbocycles. The maximum absolute atomic E-state index is 12.0. The summed E-state index contributed by atoms with van der Waals surface area (Å²) in [4.78, 5) is 23.6. The summed E-state index contributed by atoms with van der Waals surface area (Å²) >= 11 is 0. The van der Waals surface area contributed by atoms with Gasteiger partial charge in [-0.05, 0) is 37.6 Å². The number of anilines is 1. The molecule has 2 rings (SSSR count). The lowest BCUT2D eigenvalue weighted by molar-refractivity contribution is -0.118. The monoisotopic (exact) mass is 359 g/mol. The van der Waals surface area contributed by atoms with E-state index < -0.39 is 0 Å². The van der Waals surface area contributed by atoms with Crippen molar-refractivity contribution in [2.24, 2.45) is 5.92 Å². The summed E-state index contributed by atoms with van der Waals surface area (Å²) < 4.78 is 10.7. The third kappa shape index (κ3) is 5.61. The summed E-state index contributed by atoms with van der Waals surface area (Å²) in [6.45, 7) is 7.74. The van der Waals surface area contributed by atoms with Gasteiger partial charge in [-0.3, -0.25) is 9.59 Å². The molecule has 0 aliphatic carbocycles. The Morgan fingerprint density at radius 1 is 1.19 bits per heavy atom. The maximum Gasteiger partial charge on any atom is 0.273 e. The van der Waals surface area contributed by atoms with Crippen LogP contribution in [0.15, 0.2) is 34.9 Å². The Morgan fingerprint density at radius 2 is 1.88 bits per heavy atom. The van der Waals surface area contributed by atoms with Gasteiger partial charge in [-0.1, -0.05) is 25.9 Å². The van der Waals surface area contributed by atoms with Gasteiger partial charge in [0.05, 0.1) is 0 Å². The van der Waals surface area contributed by atoms with Crippen molar-refractivity contribution < 1.29 is 18.8 Å². The zero-order chi connectivity index (χ0) is 19.1.